The fraction of sp³-hybridized carbons (Fsp3) is 0.393. The number of benzene rings is 1. The Balaban J connectivity index is 1.53. The predicted octanol–water partition coefficient (Wildman–Crippen LogP) is 3.28. The van der Waals surface area contributed by atoms with E-state index in [0.717, 1.165) is 41.0 Å². The topological polar surface area (TPSA) is 84.9 Å². The van der Waals surface area contributed by atoms with Crippen molar-refractivity contribution in [3.05, 3.63) is 82.2 Å². The number of amides is 1. The maximum absolute atomic E-state index is 12.7. The van der Waals surface area contributed by atoms with Gasteiger partial charge in [-0.05, 0) is 56.2 Å². The van der Waals surface area contributed by atoms with Crippen molar-refractivity contribution in [1.82, 2.24) is 19.4 Å². The largest absolute Gasteiger partial charge is 0.444 e. The number of piperazine rings is 1. The Labute approximate surface area is 222 Å². The third-order valence-corrected chi connectivity index (χ3v) is 7.22. The summed E-state index contributed by atoms with van der Waals surface area (Å²) < 4.78 is 7.42. The number of ether oxygens (including phenoxy) is 1. The first-order chi connectivity index (χ1) is 17.6. The summed E-state index contributed by atoms with van der Waals surface area (Å²) in [6.45, 7) is 8.30. The summed E-state index contributed by atoms with van der Waals surface area (Å²) >= 11 is 6.50. The standard InChI is InChI=1S/C28H32ClN5O3/c1-28(2,3)37-27(36)34-12-10-33(11-13-34)25-20-8-7-19(29)15-21(20)22(14-18-6-5-9-31-24(18)25)26(35)23-16-30-17-32(23)4/h5-9,14-17,25-26,35H,10-13H2,1-4H3/p+1/t25-,26+/m0/s1. The monoisotopic (exact) mass is 522 g/mol. The van der Waals surface area contributed by atoms with Gasteiger partial charge in [-0.25, -0.2) is 9.78 Å². The molecule has 0 unspecified atom stereocenters. The van der Waals surface area contributed by atoms with Gasteiger partial charge in [0, 0.05) is 29.4 Å². The van der Waals surface area contributed by atoms with Crippen molar-refractivity contribution < 1.29 is 19.5 Å². The zero-order chi connectivity index (χ0) is 26.3. The van der Waals surface area contributed by atoms with Gasteiger partial charge < -0.3 is 19.3 Å². The molecule has 0 bridgehead atoms. The molecule has 1 aliphatic carbocycles. The molecule has 194 valence electrons. The van der Waals surface area contributed by atoms with E-state index in [-0.39, 0.29) is 12.1 Å². The second-order valence-corrected chi connectivity index (χ2v) is 11.1. The van der Waals surface area contributed by atoms with Crippen molar-refractivity contribution in [2.24, 2.45) is 7.05 Å². The first-order valence-electron chi connectivity index (χ1n) is 12.6. The Kier molecular flexibility index (Phi) is 6.83. The van der Waals surface area contributed by atoms with Crippen molar-refractivity contribution in [3.63, 3.8) is 0 Å². The molecule has 1 saturated heterocycles. The van der Waals surface area contributed by atoms with Crippen LogP contribution >= 0.6 is 11.6 Å². The number of aliphatic hydroxyl groups excluding tert-OH is 1. The molecule has 8 nitrogen and oxygen atoms in total. The molecule has 9 heteroatoms. The number of hydrogen-bond acceptors (Lipinski definition) is 5. The molecule has 1 aromatic carbocycles. The second kappa shape index (κ2) is 9.93. The summed E-state index contributed by atoms with van der Waals surface area (Å²) in [5.74, 6) is 0. The number of aryl methyl sites for hydroxylation is 1. The van der Waals surface area contributed by atoms with Crippen LogP contribution < -0.4 is 4.90 Å². The second-order valence-electron chi connectivity index (χ2n) is 10.7. The zero-order valence-corrected chi connectivity index (χ0v) is 22.4. The number of aromatic nitrogens is 3. The summed E-state index contributed by atoms with van der Waals surface area (Å²) in [4.78, 5) is 24.8. The van der Waals surface area contributed by atoms with Gasteiger partial charge in [0.2, 0.25) is 0 Å². The number of hydrogen-bond donors (Lipinski definition) is 2. The average molecular weight is 523 g/mol. The van der Waals surface area contributed by atoms with E-state index in [4.69, 9.17) is 21.3 Å². The van der Waals surface area contributed by atoms with Gasteiger partial charge in [0.25, 0.3) is 0 Å². The molecule has 3 aromatic rings. The molecule has 2 N–H and O–H groups in total. The lowest BCUT2D eigenvalue weighted by Gasteiger charge is -2.37. The Morgan fingerprint density at radius 3 is 2.68 bits per heavy atom. The summed E-state index contributed by atoms with van der Waals surface area (Å²) in [6.07, 6.45) is 6.03. The van der Waals surface area contributed by atoms with Crippen molar-refractivity contribution in [2.75, 3.05) is 26.2 Å². The van der Waals surface area contributed by atoms with Gasteiger partial charge in [-0.3, -0.25) is 9.88 Å². The molecule has 1 fully saturated rings. The van der Waals surface area contributed by atoms with E-state index >= 15 is 0 Å². The van der Waals surface area contributed by atoms with E-state index in [2.05, 4.69) is 4.98 Å². The summed E-state index contributed by atoms with van der Waals surface area (Å²) in [7, 11) is 1.87. The molecule has 1 aliphatic heterocycles. The van der Waals surface area contributed by atoms with Crippen molar-refractivity contribution in [1.29, 1.82) is 0 Å². The first kappa shape index (κ1) is 25.4. The van der Waals surface area contributed by atoms with E-state index in [1.807, 2.05) is 75.0 Å². The number of fused-ring (bicyclic) bond motifs is 2. The van der Waals surface area contributed by atoms with Gasteiger partial charge >= 0.3 is 6.09 Å². The maximum Gasteiger partial charge on any atom is 0.410 e. The number of aliphatic hydroxyl groups is 1. The third-order valence-electron chi connectivity index (χ3n) is 6.99. The van der Waals surface area contributed by atoms with E-state index in [1.165, 1.54) is 4.90 Å². The summed E-state index contributed by atoms with van der Waals surface area (Å²) in [6, 6.07) is 9.73. The highest BCUT2D eigenvalue weighted by atomic mass is 35.5. The van der Waals surface area contributed by atoms with Crippen molar-refractivity contribution >= 4 is 29.3 Å². The number of imidazole rings is 1. The van der Waals surface area contributed by atoms with Crippen LogP contribution in [0.1, 0.15) is 61.0 Å². The number of nitrogens with zero attached hydrogens (tertiary/aromatic N) is 4. The molecule has 3 heterocycles. The molecule has 2 aliphatic rings. The Hall–Kier alpha value is -3.20. The van der Waals surface area contributed by atoms with Crippen LogP contribution in [0.2, 0.25) is 5.02 Å². The number of nitrogens with one attached hydrogen (secondary N) is 1. The lowest BCUT2D eigenvalue weighted by atomic mass is 9.91. The third kappa shape index (κ3) is 5.14. The molecular weight excluding hydrogens is 490 g/mol. The van der Waals surface area contributed by atoms with Gasteiger partial charge in [-0.15, -0.1) is 0 Å². The van der Waals surface area contributed by atoms with Gasteiger partial charge in [0.15, 0.2) is 6.04 Å². The quantitative estimate of drug-likeness (QED) is 0.551. The number of quaternary nitrogens is 1. The minimum absolute atomic E-state index is 0.0864. The van der Waals surface area contributed by atoms with Crippen LogP contribution in [-0.4, -0.2) is 62.4 Å². The average Bonchev–Trinajstić information content (AvgIpc) is 3.23. The van der Waals surface area contributed by atoms with Crippen LogP contribution in [0.25, 0.3) is 11.6 Å². The number of carbonyl (C=O) groups is 1. The minimum Gasteiger partial charge on any atom is -0.444 e. The molecule has 5 rings (SSSR count). The fourth-order valence-electron chi connectivity index (χ4n) is 5.24. The SMILES string of the molecule is Cn1cncc1[C@H](O)C1=Cc2cccnc2[C@@H]([NH+]2CCN(C(=O)OC(C)(C)C)CC2)c2ccc(Cl)cc21. The van der Waals surface area contributed by atoms with E-state index in [1.54, 1.807) is 17.4 Å². The van der Waals surface area contributed by atoms with Crippen LogP contribution in [0.4, 0.5) is 4.79 Å². The summed E-state index contributed by atoms with van der Waals surface area (Å²) in [5.41, 5.74) is 4.77. The van der Waals surface area contributed by atoms with Gasteiger partial charge in [0.05, 0.1) is 44.4 Å². The molecule has 37 heavy (non-hydrogen) atoms. The van der Waals surface area contributed by atoms with Gasteiger partial charge in [0.1, 0.15) is 17.4 Å². The number of pyridine rings is 1. The highest BCUT2D eigenvalue weighted by Gasteiger charge is 2.38. The summed E-state index contributed by atoms with van der Waals surface area (Å²) in [5, 5.41) is 12.1. The molecule has 0 saturated carbocycles. The molecule has 2 atom stereocenters. The molecule has 0 radical (unpaired) electrons. The van der Waals surface area contributed by atoms with E-state index in [9.17, 15) is 9.90 Å². The van der Waals surface area contributed by atoms with Gasteiger partial charge in [-0.1, -0.05) is 23.7 Å². The lowest BCUT2D eigenvalue weighted by Crippen LogP contribution is -3.15. The number of halogens is 1. The lowest BCUT2D eigenvalue weighted by molar-refractivity contribution is -0.929. The Morgan fingerprint density at radius 2 is 2.00 bits per heavy atom. The van der Waals surface area contributed by atoms with Crippen LogP contribution in [0, 0.1) is 0 Å². The highest BCUT2D eigenvalue weighted by molar-refractivity contribution is 6.30. The fourth-order valence-corrected chi connectivity index (χ4v) is 5.41. The van der Waals surface area contributed by atoms with Crippen LogP contribution in [-0.2, 0) is 11.8 Å². The maximum atomic E-state index is 12.7. The van der Waals surface area contributed by atoms with Crippen LogP contribution in [0.15, 0.2) is 49.1 Å². The van der Waals surface area contributed by atoms with Crippen LogP contribution in [0.3, 0.4) is 0 Å². The Morgan fingerprint density at radius 1 is 1.24 bits per heavy atom. The van der Waals surface area contributed by atoms with Crippen molar-refractivity contribution in [3.8, 4) is 0 Å². The molecule has 0 spiro atoms. The van der Waals surface area contributed by atoms with Gasteiger partial charge in [-0.2, -0.15) is 0 Å². The number of rotatable bonds is 3. The minimum atomic E-state index is -0.893. The number of carbonyl (C=O) groups excluding carboxylic acids is 1. The molecular formula is C28H33ClN5O3+. The van der Waals surface area contributed by atoms with Crippen LogP contribution in [0.5, 0.6) is 0 Å². The normalized spacial score (nSPS) is 18.9. The predicted molar refractivity (Wildman–Crippen MR) is 142 cm³/mol. The first-order valence-corrected chi connectivity index (χ1v) is 12.9. The van der Waals surface area contributed by atoms with E-state index < -0.39 is 11.7 Å². The Bertz CT molecular complexity index is 1340. The van der Waals surface area contributed by atoms with Crippen molar-refractivity contribution in [2.45, 2.75) is 38.5 Å². The smallest absolute Gasteiger partial charge is 0.410 e. The highest BCUT2D eigenvalue weighted by Crippen LogP contribution is 2.41. The van der Waals surface area contributed by atoms with E-state index in [0.29, 0.717) is 23.8 Å². The zero-order valence-electron chi connectivity index (χ0n) is 21.6. The molecule has 2 aromatic heterocycles. The molecule has 1 amide bonds.